The lowest BCUT2D eigenvalue weighted by molar-refractivity contribution is 0.0683. The van der Waals surface area contributed by atoms with Gasteiger partial charge in [0.25, 0.3) is 0 Å². The van der Waals surface area contributed by atoms with Crippen molar-refractivity contribution in [2.75, 3.05) is 0 Å². The summed E-state index contributed by atoms with van der Waals surface area (Å²) in [6.45, 7) is 0. The number of hydrogen-bond acceptors (Lipinski definition) is 6. The fourth-order valence-electron chi connectivity index (χ4n) is 3.23. The van der Waals surface area contributed by atoms with Gasteiger partial charge < -0.3 is 19.7 Å². The molecule has 0 amide bonds. The molecule has 0 bridgehead atoms. The van der Waals surface area contributed by atoms with Crippen LogP contribution in [0.25, 0.3) is 0 Å². The second kappa shape index (κ2) is 9.70. The van der Waals surface area contributed by atoms with E-state index in [4.69, 9.17) is 9.47 Å². The maximum absolute atomic E-state index is 13.0. The Kier molecular flexibility index (Phi) is 6.52. The molecule has 0 aliphatic heterocycles. The lowest BCUT2D eigenvalue weighted by Gasteiger charge is -2.11. The number of sulfone groups is 1. The third-order valence-corrected chi connectivity index (χ3v) is 6.74. The summed E-state index contributed by atoms with van der Waals surface area (Å²) in [7, 11) is -3.86. The van der Waals surface area contributed by atoms with Crippen molar-refractivity contribution in [3.63, 3.8) is 0 Å². The molecule has 4 aromatic carbocycles. The summed E-state index contributed by atoms with van der Waals surface area (Å²) in [5, 5.41) is 18.5. The minimum atomic E-state index is -3.86. The predicted octanol–water partition coefficient (Wildman–Crippen LogP) is 5.50. The van der Waals surface area contributed by atoms with Crippen LogP contribution in [-0.2, 0) is 9.84 Å². The molecule has 0 spiro atoms. The Bertz CT molecular complexity index is 1380. The first-order valence-electron chi connectivity index (χ1n) is 10.2. The molecule has 4 rings (SSSR count). The lowest BCUT2D eigenvalue weighted by Crippen LogP contribution is -2.03. The molecule has 2 N–H and O–H groups in total. The van der Waals surface area contributed by atoms with E-state index in [1.165, 1.54) is 72.8 Å². The Labute approximate surface area is 200 Å². The van der Waals surface area contributed by atoms with Gasteiger partial charge in [-0.15, -0.1) is 0 Å². The number of carboxylic acid groups (broad SMARTS) is 2. The second-order valence-electron chi connectivity index (χ2n) is 7.25. The van der Waals surface area contributed by atoms with Crippen LogP contribution in [0, 0.1) is 0 Å². The number of carbonyl (C=O) groups is 2. The average Bonchev–Trinajstić information content (AvgIpc) is 2.85. The van der Waals surface area contributed by atoms with Crippen molar-refractivity contribution in [2.24, 2.45) is 0 Å². The topological polar surface area (TPSA) is 127 Å². The van der Waals surface area contributed by atoms with Crippen LogP contribution in [0.4, 0.5) is 0 Å². The summed E-state index contributed by atoms with van der Waals surface area (Å²) >= 11 is 0. The zero-order valence-electron chi connectivity index (χ0n) is 18.0. The van der Waals surface area contributed by atoms with Crippen LogP contribution in [0.15, 0.2) is 107 Å². The largest absolute Gasteiger partial charge is 0.478 e. The Morgan fingerprint density at radius 3 is 1.23 bits per heavy atom. The molecule has 4 aromatic rings. The van der Waals surface area contributed by atoms with Gasteiger partial charge in [-0.2, -0.15) is 0 Å². The molecule has 0 saturated carbocycles. The zero-order chi connectivity index (χ0) is 25.0. The first kappa shape index (κ1) is 23.5. The highest BCUT2D eigenvalue weighted by molar-refractivity contribution is 7.91. The molecule has 0 atom stereocenters. The Hall–Kier alpha value is -4.63. The van der Waals surface area contributed by atoms with Gasteiger partial charge in [-0.1, -0.05) is 24.3 Å². The third-order valence-electron chi connectivity index (χ3n) is 4.96. The van der Waals surface area contributed by atoms with E-state index in [0.717, 1.165) is 0 Å². The number of hydrogen-bond donors (Lipinski definition) is 2. The van der Waals surface area contributed by atoms with E-state index in [1.807, 2.05) is 0 Å². The normalized spacial score (nSPS) is 11.0. The number of ether oxygens (including phenoxy) is 2. The average molecular weight is 490 g/mol. The molecule has 0 unspecified atom stereocenters. The van der Waals surface area contributed by atoms with Gasteiger partial charge >= 0.3 is 11.9 Å². The zero-order valence-corrected chi connectivity index (χ0v) is 18.8. The van der Waals surface area contributed by atoms with E-state index in [2.05, 4.69) is 0 Å². The predicted molar refractivity (Wildman–Crippen MR) is 125 cm³/mol. The first-order valence-corrected chi connectivity index (χ1v) is 11.7. The van der Waals surface area contributed by atoms with E-state index >= 15 is 0 Å². The summed E-state index contributed by atoms with van der Waals surface area (Å²) in [4.78, 5) is 22.7. The number of para-hydroxylation sites is 2. The summed E-state index contributed by atoms with van der Waals surface area (Å²) < 4.78 is 37.3. The van der Waals surface area contributed by atoms with Crippen molar-refractivity contribution in [3.8, 4) is 23.0 Å². The van der Waals surface area contributed by atoms with Crippen molar-refractivity contribution in [3.05, 3.63) is 108 Å². The number of rotatable bonds is 8. The van der Waals surface area contributed by atoms with Gasteiger partial charge in [0.2, 0.25) is 9.84 Å². The van der Waals surface area contributed by atoms with Gasteiger partial charge in [0.1, 0.15) is 34.1 Å². The molecular weight excluding hydrogens is 472 g/mol. The lowest BCUT2D eigenvalue weighted by atomic mass is 10.2. The number of benzene rings is 4. The highest BCUT2D eigenvalue weighted by Gasteiger charge is 2.19. The Morgan fingerprint density at radius 2 is 0.886 bits per heavy atom. The summed E-state index contributed by atoms with van der Waals surface area (Å²) in [6.07, 6.45) is 0. The van der Waals surface area contributed by atoms with Crippen molar-refractivity contribution in [1.82, 2.24) is 0 Å². The van der Waals surface area contributed by atoms with Crippen LogP contribution in [0.5, 0.6) is 23.0 Å². The van der Waals surface area contributed by atoms with E-state index in [-0.39, 0.29) is 43.9 Å². The smallest absolute Gasteiger partial charge is 0.339 e. The van der Waals surface area contributed by atoms with Crippen LogP contribution in [0.1, 0.15) is 20.7 Å². The van der Waals surface area contributed by atoms with E-state index in [0.29, 0.717) is 0 Å². The molecule has 176 valence electrons. The quantitative estimate of drug-likeness (QED) is 0.331. The minimum Gasteiger partial charge on any atom is -0.478 e. The molecule has 0 aliphatic rings. The fourth-order valence-corrected chi connectivity index (χ4v) is 4.49. The van der Waals surface area contributed by atoms with Crippen molar-refractivity contribution in [2.45, 2.75) is 9.79 Å². The third kappa shape index (κ3) is 5.15. The molecule has 9 heteroatoms. The van der Waals surface area contributed by atoms with Crippen molar-refractivity contribution >= 4 is 21.8 Å². The first-order chi connectivity index (χ1) is 16.8. The van der Waals surface area contributed by atoms with Crippen LogP contribution in [0.2, 0.25) is 0 Å². The minimum absolute atomic E-state index is 0.0151. The summed E-state index contributed by atoms with van der Waals surface area (Å²) in [5.41, 5.74) is -0.0324. The monoisotopic (exact) mass is 490 g/mol. The van der Waals surface area contributed by atoms with E-state index < -0.39 is 21.8 Å². The van der Waals surface area contributed by atoms with Gasteiger partial charge in [-0.25, -0.2) is 18.0 Å². The molecule has 0 radical (unpaired) electrons. The van der Waals surface area contributed by atoms with Crippen LogP contribution in [-0.4, -0.2) is 30.6 Å². The summed E-state index contributed by atoms with van der Waals surface area (Å²) in [6, 6.07) is 23.4. The number of aromatic carboxylic acids is 2. The summed E-state index contributed by atoms with van der Waals surface area (Å²) in [5.74, 6) is -1.46. The van der Waals surface area contributed by atoms with Crippen LogP contribution >= 0.6 is 0 Å². The standard InChI is InChI=1S/C26H18O8S/c27-25(28)21-5-1-3-7-23(21)33-17-9-13-19(14-10-17)35(31,32)20-15-11-18(12-16-20)34-24-8-4-2-6-22(24)26(29)30/h1-16H,(H,27,28)(H,29,30). The molecule has 0 saturated heterocycles. The Morgan fingerprint density at radius 1 is 0.543 bits per heavy atom. The molecule has 8 nitrogen and oxygen atoms in total. The van der Waals surface area contributed by atoms with Gasteiger partial charge in [-0.05, 0) is 72.8 Å². The van der Waals surface area contributed by atoms with E-state index in [1.54, 1.807) is 24.3 Å². The second-order valence-corrected chi connectivity index (χ2v) is 9.20. The van der Waals surface area contributed by atoms with Gasteiger partial charge in [0, 0.05) is 0 Å². The molecule has 0 fully saturated rings. The molecule has 35 heavy (non-hydrogen) atoms. The molecule has 0 aliphatic carbocycles. The van der Waals surface area contributed by atoms with E-state index in [9.17, 15) is 28.2 Å². The maximum Gasteiger partial charge on any atom is 0.339 e. The maximum atomic E-state index is 13.0. The van der Waals surface area contributed by atoms with Crippen LogP contribution in [0.3, 0.4) is 0 Å². The highest BCUT2D eigenvalue weighted by atomic mass is 32.2. The Balaban J connectivity index is 1.52. The van der Waals surface area contributed by atoms with Crippen molar-refractivity contribution < 1.29 is 37.7 Å². The molecular formula is C26H18O8S. The molecule has 0 aromatic heterocycles. The SMILES string of the molecule is O=C(O)c1ccccc1Oc1ccc(S(=O)(=O)c2ccc(Oc3ccccc3C(=O)O)cc2)cc1. The van der Waals surface area contributed by atoms with Crippen molar-refractivity contribution in [1.29, 1.82) is 0 Å². The van der Waals surface area contributed by atoms with Gasteiger partial charge in [0.15, 0.2) is 0 Å². The van der Waals surface area contributed by atoms with Crippen LogP contribution < -0.4 is 9.47 Å². The van der Waals surface area contributed by atoms with Gasteiger partial charge in [-0.3, -0.25) is 0 Å². The highest BCUT2D eigenvalue weighted by Crippen LogP contribution is 2.30. The number of carboxylic acids is 2. The fraction of sp³-hybridized carbons (Fsp3) is 0. The van der Waals surface area contributed by atoms with Gasteiger partial charge in [0.05, 0.1) is 9.79 Å². The molecule has 0 heterocycles.